The van der Waals surface area contributed by atoms with Crippen LogP contribution in [0.25, 0.3) is 0 Å². The Morgan fingerprint density at radius 1 is 1.10 bits per heavy atom. The lowest BCUT2D eigenvalue weighted by molar-refractivity contribution is 0.310. The van der Waals surface area contributed by atoms with Gasteiger partial charge in [-0.25, -0.2) is 13.1 Å². The maximum Gasteiger partial charge on any atom is 0.241 e. The van der Waals surface area contributed by atoms with Gasteiger partial charge in [-0.3, -0.25) is 0 Å². The van der Waals surface area contributed by atoms with Gasteiger partial charge in [0, 0.05) is 18.8 Å². The molecule has 1 saturated carbocycles. The molecule has 0 aromatic heterocycles. The molecule has 2 unspecified atom stereocenters. The van der Waals surface area contributed by atoms with Gasteiger partial charge in [0.25, 0.3) is 0 Å². The lowest BCUT2D eigenvalue weighted by atomic mass is 9.87. The van der Waals surface area contributed by atoms with E-state index in [1.165, 1.54) is 6.42 Å². The topological polar surface area (TPSA) is 58.2 Å². The van der Waals surface area contributed by atoms with E-state index in [1.807, 2.05) is 33.0 Å². The number of benzene rings is 1. The lowest BCUT2D eigenvalue weighted by Crippen LogP contribution is -2.41. The molecule has 0 heterocycles. The van der Waals surface area contributed by atoms with E-state index in [0.29, 0.717) is 10.8 Å². The summed E-state index contributed by atoms with van der Waals surface area (Å²) in [6.07, 6.45) is 4.35. The summed E-state index contributed by atoms with van der Waals surface area (Å²) in [7, 11) is -1.62. The van der Waals surface area contributed by atoms with Gasteiger partial charge in [-0.2, -0.15) is 0 Å². The first kappa shape index (κ1) is 16.3. The molecule has 0 saturated heterocycles. The average molecular weight is 310 g/mol. The number of sulfonamides is 1. The summed E-state index contributed by atoms with van der Waals surface area (Å²) in [6.45, 7) is 5.84. The molecule has 2 atom stereocenters. The fraction of sp³-hybridized carbons (Fsp3) is 0.625. The maximum absolute atomic E-state index is 12.8. The summed E-state index contributed by atoms with van der Waals surface area (Å²) in [5.41, 5.74) is 2.51. The van der Waals surface area contributed by atoms with E-state index in [9.17, 15) is 8.42 Å². The Morgan fingerprint density at radius 3 is 2.19 bits per heavy atom. The van der Waals surface area contributed by atoms with E-state index in [2.05, 4.69) is 17.0 Å². The van der Waals surface area contributed by atoms with Gasteiger partial charge >= 0.3 is 0 Å². The first-order chi connectivity index (χ1) is 9.85. The van der Waals surface area contributed by atoms with Gasteiger partial charge < -0.3 is 5.32 Å². The predicted octanol–water partition coefficient (Wildman–Crippen LogP) is 3.20. The summed E-state index contributed by atoms with van der Waals surface area (Å²) >= 11 is 0. The highest BCUT2D eigenvalue weighted by atomic mass is 32.2. The molecule has 0 spiro atoms. The molecule has 118 valence electrons. The highest BCUT2D eigenvalue weighted by Crippen LogP contribution is 2.28. The zero-order valence-corrected chi connectivity index (χ0v) is 14.2. The number of nitrogens with one attached hydrogen (secondary N) is 2. The molecule has 5 heteroatoms. The van der Waals surface area contributed by atoms with Crippen LogP contribution < -0.4 is 10.0 Å². The molecule has 4 nitrogen and oxygen atoms in total. The van der Waals surface area contributed by atoms with Crippen LogP contribution in [0.5, 0.6) is 0 Å². The standard InChI is InChI=1S/C16H26N2O2S/c1-11-7-5-6-8-15(11)18-21(19,20)16-12(2)9-14(17-4)10-13(16)3/h9-11,15,17-18H,5-8H2,1-4H3. The smallest absolute Gasteiger partial charge is 0.241 e. The molecule has 1 aliphatic rings. The molecular weight excluding hydrogens is 284 g/mol. The van der Waals surface area contributed by atoms with E-state index in [1.54, 1.807) is 0 Å². The molecule has 1 aromatic rings. The van der Waals surface area contributed by atoms with Crippen molar-refractivity contribution < 1.29 is 8.42 Å². The normalized spacial score (nSPS) is 23.0. The molecule has 0 aliphatic heterocycles. The van der Waals surface area contributed by atoms with E-state index in [-0.39, 0.29) is 6.04 Å². The van der Waals surface area contributed by atoms with Gasteiger partial charge in [-0.1, -0.05) is 19.8 Å². The maximum atomic E-state index is 12.8. The number of hydrogen-bond donors (Lipinski definition) is 2. The van der Waals surface area contributed by atoms with Crippen molar-refractivity contribution in [3.63, 3.8) is 0 Å². The molecule has 1 fully saturated rings. The second-order valence-corrected chi connectivity index (χ2v) is 7.83. The van der Waals surface area contributed by atoms with Crippen molar-refractivity contribution in [2.24, 2.45) is 5.92 Å². The van der Waals surface area contributed by atoms with E-state index in [0.717, 1.165) is 36.1 Å². The zero-order chi connectivity index (χ0) is 15.6. The molecular formula is C16H26N2O2S. The lowest BCUT2D eigenvalue weighted by Gasteiger charge is -2.29. The number of aryl methyl sites for hydroxylation is 2. The average Bonchev–Trinajstić information content (AvgIpc) is 2.40. The summed E-state index contributed by atoms with van der Waals surface area (Å²) in [5.74, 6) is 0.408. The number of anilines is 1. The van der Waals surface area contributed by atoms with Crippen LogP contribution in [0.1, 0.15) is 43.7 Å². The molecule has 21 heavy (non-hydrogen) atoms. The van der Waals surface area contributed by atoms with Crippen LogP contribution in [0.4, 0.5) is 5.69 Å². The summed E-state index contributed by atoms with van der Waals surface area (Å²) in [5, 5.41) is 3.06. The van der Waals surface area contributed by atoms with Crippen molar-refractivity contribution in [3.05, 3.63) is 23.3 Å². The van der Waals surface area contributed by atoms with Crippen molar-refractivity contribution in [3.8, 4) is 0 Å². The van der Waals surface area contributed by atoms with Crippen LogP contribution >= 0.6 is 0 Å². The van der Waals surface area contributed by atoms with Crippen molar-refractivity contribution in [1.82, 2.24) is 4.72 Å². The van der Waals surface area contributed by atoms with Crippen molar-refractivity contribution in [2.75, 3.05) is 12.4 Å². The molecule has 2 rings (SSSR count). The zero-order valence-electron chi connectivity index (χ0n) is 13.4. The van der Waals surface area contributed by atoms with Gasteiger partial charge in [-0.05, 0) is 55.9 Å². The monoisotopic (exact) mass is 310 g/mol. The Kier molecular flexibility index (Phi) is 4.94. The third kappa shape index (κ3) is 3.58. The molecule has 0 radical (unpaired) electrons. The largest absolute Gasteiger partial charge is 0.388 e. The van der Waals surface area contributed by atoms with Crippen LogP contribution in [0, 0.1) is 19.8 Å². The summed E-state index contributed by atoms with van der Waals surface area (Å²) < 4.78 is 28.4. The highest BCUT2D eigenvalue weighted by molar-refractivity contribution is 7.89. The first-order valence-electron chi connectivity index (χ1n) is 7.66. The van der Waals surface area contributed by atoms with E-state index >= 15 is 0 Å². The minimum Gasteiger partial charge on any atom is -0.388 e. The number of hydrogen-bond acceptors (Lipinski definition) is 3. The second-order valence-electron chi connectivity index (χ2n) is 6.18. The Labute approximate surface area is 128 Å². The minimum absolute atomic E-state index is 0.0616. The van der Waals surface area contributed by atoms with Crippen LogP contribution in [0.3, 0.4) is 0 Å². The quantitative estimate of drug-likeness (QED) is 0.898. The van der Waals surface area contributed by atoms with Crippen molar-refractivity contribution >= 4 is 15.7 Å². The van der Waals surface area contributed by atoms with Crippen LogP contribution in [-0.2, 0) is 10.0 Å². The Balaban J connectivity index is 2.31. The fourth-order valence-corrected chi connectivity index (χ4v) is 5.10. The third-order valence-corrected chi connectivity index (χ3v) is 6.23. The van der Waals surface area contributed by atoms with Gasteiger partial charge in [0.1, 0.15) is 0 Å². The van der Waals surface area contributed by atoms with Crippen LogP contribution in [0.15, 0.2) is 17.0 Å². The molecule has 2 N–H and O–H groups in total. The minimum atomic E-state index is -3.46. The predicted molar refractivity (Wildman–Crippen MR) is 87.2 cm³/mol. The highest BCUT2D eigenvalue weighted by Gasteiger charge is 2.28. The second kappa shape index (κ2) is 6.36. The van der Waals surface area contributed by atoms with Gasteiger partial charge in [0.15, 0.2) is 0 Å². The third-order valence-electron chi connectivity index (χ3n) is 4.44. The van der Waals surface area contributed by atoms with Crippen molar-refractivity contribution in [1.29, 1.82) is 0 Å². The molecule has 0 bridgehead atoms. The van der Waals surface area contributed by atoms with Gasteiger partial charge in [-0.15, -0.1) is 0 Å². The summed E-state index contributed by atoms with van der Waals surface area (Å²) in [4.78, 5) is 0.430. The van der Waals surface area contributed by atoms with E-state index in [4.69, 9.17) is 0 Å². The Hall–Kier alpha value is -1.07. The molecule has 1 aromatic carbocycles. The van der Waals surface area contributed by atoms with Gasteiger partial charge in [0.2, 0.25) is 10.0 Å². The molecule has 1 aliphatic carbocycles. The summed E-state index contributed by atoms with van der Waals surface area (Å²) in [6, 6.07) is 3.82. The first-order valence-corrected chi connectivity index (χ1v) is 9.15. The number of rotatable bonds is 4. The van der Waals surface area contributed by atoms with E-state index < -0.39 is 10.0 Å². The van der Waals surface area contributed by atoms with Crippen LogP contribution in [-0.4, -0.2) is 21.5 Å². The Morgan fingerprint density at radius 2 is 1.67 bits per heavy atom. The fourth-order valence-electron chi connectivity index (χ4n) is 3.27. The van der Waals surface area contributed by atoms with Crippen LogP contribution in [0.2, 0.25) is 0 Å². The SMILES string of the molecule is CNc1cc(C)c(S(=O)(=O)NC2CCCCC2C)c(C)c1. The molecule has 0 amide bonds. The Bertz CT molecular complexity index is 588. The van der Waals surface area contributed by atoms with Gasteiger partial charge in [0.05, 0.1) is 4.90 Å². The van der Waals surface area contributed by atoms with Crippen molar-refractivity contribution in [2.45, 2.75) is 57.4 Å².